The van der Waals surface area contributed by atoms with Gasteiger partial charge in [-0.25, -0.2) is 9.59 Å². The molecule has 0 radical (unpaired) electrons. The Morgan fingerprint density at radius 2 is 1.38 bits per heavy atom. The molecule has 0 spiro atoms. The zero-order valence-electron chi connectivity index (χ0n) is 26.9. The predicted molar refractivity (Wildman–Crippen MR) is 157 cm³/mol. The zero-order chi connectivity index (χ0) is 31.3. The summed E-state index contributed by atoms with van der Waals surface area (Å²) >= 11 is 0. The minimum Gasteiger partial charge on any atom is -0.495 e. The second-order valence-electron chi connectivity index (χ2n) is 13.7. The normalized spacial score (nSPS) is 31.8. The Balaban J connectivity index is 2.11. The molecule has 0 unspecified atom stereocenters. The zero-order valence-corrected chi connectivity index (χ0v) is 26.9. The molecule has 9 nitrogen and oxygen atoms in total. The molecule has 0 bridgehead atoms. The predicted octanol–water partition coefficient (Wildman–Crippen LogP) is 5.09. The third kappa shape index (κ3) is 4.75. The van der Waals surface area contributed by atoms with Gasteiger partial charge in [-0.3, -0.25) is 0 Å². The first-order chi connectivity index (χ1) is 19.8. The van der Waals surface area contributed by atoms with E-state index in [1.54, 1.807) is 0 Å². The van der Waals surface area contributed by atoms with Gasteiger partial charge in [-0.15, -0.1) is 0 Å². The highest BCUT2D eigenvalue weighted by Crippen LogP contribution is 2.75. The first-order valence-electron chi connectivity index (χ1n) is 15.1. The van der Waals surface area contributed by atoms with Crippen LogP contribution in [0.3, 0.4) is 0 Å². The van der Waals surface area contributed by atoms with E-state index in [4.69, 9.17) is 23.7 Å². The molecule has 3 fully saturated rings. The minimum atomic E-state index is -0.728. The maximum absolute atomic E-state index is 13.3. The number of aliphatic hydroxyl groups is 2. The Morgan fingerprint density at radius 1 is 0.857 bits per heavy atom. The van der Waals surface area contributed by atoms with Crippen LogP contribution in [0.2, 0.25) is 0 Å². The van der Waals surface area contributed by atoms with Gasteiger partial charge in [0.15, 0.2) is 5.75 Å². The molecule has 0 aliphatic heterocycles. The molecule has 2 N–H and O–H groups in total. The van der Waals surface area contributed by atoms with Crippen molar-refractivity contribution in [3.8, 4) is 17.2 Å². The Kier molecular flexibility index (Phi) is 9.16. The molecule has 8 atom stereocenters. The van der Waals surface area contributed by atoms with E-state index < -0.39 is 23.5 Å². The third-order valence-electron chi connectivity index (χ3n) is 11.2. The lowest BCUT2D eigenvalue weighted by atomic mass is 9.59. The topological polar surface area (TPSA) is 121 Å². The van der Waals surface area contributed by atoms with Gasteiger partial charge in [0.1, 0.15) is 22.6 Å². The SMILES string of the molecule is COC(=O)c1c(OC)c(C(=O)OC)c(OC)c([C@@H](CC(C)C)[C@]2(C)[C@@H]3[C@@H](C[C@@H]2O)[C@@H](CO)CC[C@@H]2[C@H]3C2(C)C)c1OC. The van der Waals surface area contributed by atoms with Crippen molar-refractivity contribution >= 4 is 11.9 Å². The van der Waals surface area contributed by atoms with Crippen LogP contribution in [0.5, 0.6) is 17.2 Å². The Labute approximate surface area is 250 Å². The van der Waals surface area contributed by atoms with Crippen LogP contribution in [0.4, 0.5) is 0 Å². The summed E-state index contributed by atoms with van der Waals surface area (Å²) < 4.78 is 28.0. The average Bonchev–Trinajstić information content (AvgIpc) is 3.47. The van der Waals surface area contributed by atoms with E-state index in [0.717, 1.165) is 12.8 Å². The van der Waals surface area contributed by atoms with E-state index in [1.807, 2.05) is 0 Å². The van der Waals surface area contributed by atoms with E-state index in [1.165, 1.54) is 35.5 Å². The Morgan fingerprint density at radius 3 is 1.81 bits per heavy atom. The molecule has 3 saturated carbocycles. The molecule has 0 amide bonds. The van der Waals surface area contributed by atoms with Crippen LogP contribution < -0.4 is 14.2 Å². The van der Waals surface area contributed by atoms with Crippen LogP contribution in [-0.4, -0.2) is 70.4 Å². The van der Waals surface area contributed by atoms with E-state index in [-0.39, 0.29) is 70.0 Å². The number of benzene rings is 1. The molecule has 9 heteroatoms. The van der Waals surface area contributed by atoms with E-state index in [2.05, 4.69) is 34.6 Å². The Hall–Kier alpha value is -2.52. The summed E-state index contributed by atoms with van der Waals surface area (Å²) in [5.41, 5.74) is -0.117. The van der Waals surface area contributed by atoms with Gasteiger partial charge in [0.25, 0.3) is 0 Å². The second kappa shape index (κ2) is 11.9. The number of fused-ring (bicyclic) bond motifs is 3. The third-order valence-corrected chi connectivity index (χ3v) is 11.2. The fraction of sp³-hybridized carbons (Fsp3) is 0.758. The van der Waals surface area contributed by atoms with Crippen molar-refractivity contribution in [3.05, 3.63) is 16.7 Å². The van der Waals surface area contributed by atoms with Gasteiger partial charge >= 0.3 is 11.9 Å². The molecule has 4 rings (SSSR count). The van der Waals surface area contributed by atoms with Gasteiger partial charge in [0.2, 0.25) is 0 Å². The molecule has 3 aliphatic rings. The van der Waals surface area contributed by atoms with E-state index in [0.29, 0.717) is 30.2 Å². The number of carbonyl (C=O) groups excluding carboxylic acids is 2. The molecule has 0 aromatic heterocycles. The number of hydrogen-bond acceptors (Lipinski definition) is 9. The maximum Gasteiger partial charge on any atom is 0.345 e. The summed E-state index contributed by atoms with van der Waals surface area (Å²) in [7, 11) is 6.82. The monoisotopic (exact) mass is 590 g/mol. The minimum absolute atomic E-state index is 0.0289. The second-order valence-corrected chi connectivity index (χ2v) is 13.7. The number of carbonyl (C=O) groups is 2. The first kappa shape index (κ1) is 32.4. The number of rotatable bonds is 10. The number of methoxy groups -OCH3 is 5. The quantitative estimate of drug-likeness (QED) is 0.359. The van der Waals surface area contributed by atoms with Crippen molar-refractivity contribution in [2.75, 3.05) is 42.2 Å². The molecular formula is C33H50O9. The van der Waals surface area contributed by atoms with Crippen molar-refractivity contribution in [2.24, 2.45) is 46.3 Å². The molecule has 1 aromatic carbocycles. The summed E-state index contributed by atoms with van der Waals surface area (Å²) in [6, 6.07) is 0. The van der Waals surface area contributed by atoms with E-state index in [9.17, 15) is 19.8 Å². The fourth-order valence-electron chi connectivity index (χ4n) is 9.21. The standard InChI is InChI=1S/C33H50O9/c1-16(2)13-20(33(5)21(35)14-18-17(15-34)11-12-19-26(25(18)33)32(19,3)4)22-27(38-6)23(30(36)41-9)29(40-8)24(28(22)39-7)31(37)42-10/h16-21,25-26,34-35H,11-15H2,1-10H3/t17-,18+,19-,20-,21+,25-,26-,33+/m1/s1. The summed E-state index contributed by atoms with van der Waals surface area (Å²) in [6.07, 6.45) is 2.51. The molecular weight excluding hydrogens is 540 g/mol. The van der Waals surface area contributed by atoms with Gasteiger partial charge in [0.05, 0.1) is 41.7 Å². The maximum atomic E-state index is 13.3. The number of aliphatic hydroxyl groups excluding tert-OH is 2. The van der Waals surface area contributed by atoms with Crippen molar-refractivity contribution in [1.29, 1.82) is 0 Å². The molecule has 0 heterocycles. The highest BCUT2D eigenvalue weighted by Gasteiger charge is 2.71. The molecule has 236 valence electrons. The molecule has 0 saturated heterocycles. The largest absolute Gasteiger partial charge is 0.495 e. The lowest BCUT2D eigenvalue weighted by Gasteiger charge is -2.46. The molecule has 3 aliphatic carbocycles. The van der Waals surface area contributed by atoms with Crippen LogP contribution in [-0.2, 0) is 9.47 Å². The summed E-state index contributed by atoms with van der Waals surface area (Å²) in [5.74, 6) is -0.119. The highest BCUT2D eigenvalue weighted by atomic mass is 16.5. The van der Waals surface area contributed by atoms with Crippen LogP contribution in [0.1, 0.15) is 92.5 Å². The van der Waals surface area contributed by atoms with Gasteiger partial charge in [-0.05, 0) is 72.5 Å². The summed E-state index contributed by atoms with van der Waals surface area (Å²) in [6.45, 7) is 11.1. The van der Waals surface area contributed by atoms with Crippen molar-refractivity contribution in [3.63, 3.8) is 0 Å². The smallest absolute Gasteiger partial charge is 0.345 e. The van der Waals surface area contributed by atoms with Crippen LogP contribution in [0.25, 0.3) is 0 Å². The van der Waals surface area contributed by atoms with Gasteiger partial charge < -0.3 is 33.9 Å². The van der Waals surface area contributed by atoms with Crippen molar-refractivity contribution in [1.82, 2.24) is 0 Å². The average molecular weight is 591 g/mol. The molecule has 1 aromatic rings. The summed E-state index contributed by atoms with van der Waals surface area (Å²) in [5, 5.41) is 22.6. The molecule has 42 heavy (non-hydrogen) atoms. The van der Waals surface area contributed by atoms with Crippen LogP contribution in [0, 0.1) is 46.3 Å². The highest BCUT2D eigenvalue weighted by molar-refractivity contribution is 6.05. The van der Waals surface area contributed by atoms with Crippen LogP contribution in [0.15, 0.2) is 0 Å². The van der Waals surface area contributed by atoms with Crippen molar-refractivity contribution < 1.29 is 43.5 Å². The van der Waals surface area contributed by atoms with Crippen LogP contribution >= 0.6 is 0 Å². The van der Waals surface area contributed by atoms with E-state index >= 15 is 0 Å². The van der Waals surface area contributed by atoms with Gasteiger partial charge in [-0.2, -0.15) is 0 Å². The Bertz CT molecular complexity index is 1150. The number of hydrogen-bond donors (Lipinski definition) is 2. The fourth-order valence-corrected chi connectivity index (χ4v) is 9.21. The summed E-state index contributed by atoms with van der Waals surface area (Å²) in [4.78, 5) is 26.7. The lowest BCUT2D eigenvalue weighted by Crippen LogP contribution is -2.43. The van der Waals surface area contributed by atoms with Crippen molar-refractivity contribution in [2.45, 2.75) is 72.3 Å². The first-order valence-corrected chi connectivity index (χ1v) is 15.1. The van der Waals surface area contributed by atoms with Gasteiger partial charge in [-0.1, -0.05) is 34.6 Å². The lowest BCUT2D eigenvalue weighted by molar-refractivity contribution is -0.00730. The number of ether oxygens (including phenoxy) is 5. The van der Waals surface area contributed by atoms with Gasteiger partial charge in [0, 0.05) is 17.6 Å². The number of esters is 2.